The number of rotatable bonds is 6. The molecule has 4 heteroatoms. The first-order valence-electron chi connectivity index (χ1n) is 8.77. The van der Waals surface area contributed by atoms with E-state index >= 15 is 0 Å². The smallest absolute Gasteiger partial charge is 0.223 e. The number of aryl methyl sites for hydroxylation is 1. The van der Waals surface area contributed by atoms with Crippen LogP contribution in [0.1, 0.15) is 36.4 Å². The summed E-state index contributed by atoms with van der Waals surface area (Å²) in [5.41, 5.74) is 2.29. The Hall–Kier alpha value is -2.49. The molecule has 25 heavy (non-hydrogen) atoms. The highest BCUT2D eigenvalue weighted by molar-refractivity contribution is 5.77. The molecule has 0 aliphatic carbocycles. The van der Waals surface area contributed by atoms with Crippen molar-refractivity contribution in [3.05, 3.63) is 59.7 Å². The summed E-state index contributed by atoms with van der Waals surface area (Å²) in [6, 6.07) is 16.1. The second-order valence-corrected chi connectivity index (χ2v) is 6.37. The lowest BCUT2D eigenvalue weighted by atomic mass is 10.0. The van der Waals surface area contributed by atoms with Crippen LogP contribution in [0.25, 0.3) is 0 Å². The first kappa shape index (κ1) is 17.3. The van der Waals surface area contributed by atoms with Crippen LogP contribution in [0.2, 0.25) is 0 Å². The van der Waals surface area contributed by atoms with Gasteiger partial charge in [0.05, 0.1) is 20.3 Å². The average Bonchev–Trinajstić information content (AvgIpc) is 3.16. The zero-order valence-electron chi connectivity index (χ0n) is 14.9. The summed E-state index contributed by atoms with van der Waals surface area (Å²) < 4.78 is 10.6. The second-order valence-electron chi connectivity index (χ2n) is 6.37. The summed E-state index contributed by atoms with van der Waals surface area (Å²) >= 11 is 0. The SMILES string of the molecule is COc1cccc(CCC(=O)N2CCCC2c2cccc(OC)c2)c1. The number of carbonyl (C=O) groups excluding carboxylic acids is 1. The fourth-order valence-corrected chi connectivity index (χ4v) is 3.48. The Morgan fingerprint density at radius 2 is 1.80 bits per heavy atom. The van der Waals surface area contributed by atoms with Gasteiger partial charge >= 0.3 is 0 Å². The van der Waals surface area contributed by atoms with Crippen LogP contribution in [0.3, 0.4) is 0 Å². The van der Waals surface area contributed by atoms with E-state index in [1.54, 1.807) is 14.2 Å². The third-order valence-electron chi connectivity index (χ3n) is 4.81. The summed E-state index contributed by atoms with van der Waals surface area (Å²) in [5, 5.41) is 0. The van der Waals surface area contributed by atoms with Crippen LogP contribution < -0.4 is 9.47 Å². The van der Waals surface area contributed by atoms with E-state index < -0.39 is 0 Å². The van der Waals surface area contributed by atoms with Gasteiger partial charge in [0, 0.05) is 13.0 Å². The standard InChI is InChI=1S/C21H25NO3/c1-24-18-8-3-6-16(14-18)11-12-21(23)22-13-5-10-20(22)17-7-4-9-19(15-17)25-2/h3-4,6-9,14-15,20H,5,10-13H2,1-2H3. The largest absolute Gasteiger partial charge is 0.497 e. The number of amides is 1. The monoisotopic (exact) mass is 339 g/mol. The van der Waals surface area contributed by atoms with E-state index in [9.17, 15) is 4.79 Å². The van der Waals surface area contributed by atoms with E-state index in [4.69, 9.17) is 9.47 Å². The summed E-state index contributed by atoms with van der Waals surface area (Å²) in [5.74, 6) is 1.89. The van der Waals surface area contributed by atoms with Crippen molar-refractivity contribution in [1.82, 2.24) is 4.90 Å². The Balaban J connectivity index is 1.66. The van der Waals surface area contributed by atoms with Gasteiger partial charge in [0.15, 0.2) is 0 Å². The van der Waals surface area contributed by atoms with Gasteiger partial charge < -0.3 is 14.4 Å². The number of carbonyl (C=O) groups is 1. The van der Waals surface area contributed by atoms with Gasteiger partial charge in [-0.05, 0) is 54.7 Å². The van der Waals surface area contributed by atoms with Crippen molar-refractivity contribution in [3.63, 3.8) is 0 Å². The first-order chi connectivity index (χ1) is 12.2. The van der Waals surface area contributed by atoms with E-state index in [0.717, 1.165) is 48.4 Å². The van der Waals surface area contributed by atoms with Gasteiger partial charge in [-0.3, -0.25) is 4.79 Å². The van der Waals surface area contributed by atoms with Crippen LogP contribution in [0, 0.1) is 0 Å². The lowest BCUT2D eigenvalue weighted by Crippen LogP contribution is -2.30. The van der Waals surface area contributed by atoms with Crippen molar-refractivity contribution >= 4 is 5.91 Å². The molecule has 3 rings (SSSR count). The predicted octanol–water partition coefficient (Wildman–Crippen LogP) is 4.00. The molecule has 0 N–H and O–H groups in total. The van der Waals surface area contributed by atoms with E-state index in [1.165, 1.54) is 0 Å². The molecular weight excluding hydrogens is 314 g/mol. The molecule has 0 aromatic heterocycles. The van der Waals surface area contributed by atoms with Gasteiger partial charge in [0.2, 0.25) is 5.91 Å². The fourth-order valence-electron chi connectivity index (χ4n) is 3.48. The Kier molecular flexibility index (Phi) is 5.59. The second kappa shape index (κ2) is 8.06. The van der Waals surface area contributed by atoms with Crippen LogP contribution in [0.15, 0.2) is 48.5 Å². The molecule has 1 aliphatic heterocycles. The van der Waals surface area contributed by atoms with Crippen molar-refractivity contribution < 1.29 is 14.3 Å². The van der Waals surface area contributed by atoms with E-state index in [0.29, 0.717) is 6.42 Å². The maximum atomic E-state index is 12.8. The zero-order valence-corrected chi connectivity index (χ0v) is 14.9. The lowest BCUT2D eigenvalue weighted by Gasteiger charge is -2.25. The molecule has 2 aromatic carbocycles. The normalized spacial score (nSPS) is 16.7. The fraction of sp³-hybridized carbons (Fsp3) is 0.381. The Morgan fingerprint density at radius 3 is 2.56 bits per heavy atom. The number of hydrogen-bond donors (Lipinski definition) is 0. The molecule has 1 atom stereocenters. The Labute approximate surface area is 149 Å². The summed E-state index contributed by atoms with van der Waals surface area (Å²) in [6.45, 7) is 0.832. The van der Waals surface area contributed by atoms with Crippen molar-refractivity contribution in [1.29, 1.82) is 0 Å². The number of nitrogens with zero attached hydrogens (tertiary/aromatic N) is 1. The summed E-state index contributed by atoms with van der Waals surface area (Å²) in [4.78, 5) is 14.8. The molecule has 1 unspecified atom stereocenters. The third-order valence-corrected chi connectivity index (χ3v) is 4.81. The van der Waals surface area contributed by atoms with E-state index in [1.807, 2.05) is 47.4 Å². The van der Waals surface area contributed by atoms with Crippen molar-refractivity contribution in [3.8, 4) is 11.5 Å². The zero-order chi connectivity index (χ0) is 17.6. The maximum Gasteiger partial charge on any atom is 0.223 e. The quantitative estimate of drug-likeness (QED) is 0.798. The van der Waals surface area contributed by atoms with Gasteiger partial charge in [-0.25, -0.2) is 0 Å². The molecule has 132 valence electrons. The Bertz CT molecular complexity index is 729. The average molecular weight is 339 g/mol. The first-order valence-corrected chi connectivity index (χ1v) is 8.77. The minimum Gasteiger partial charge on any atom is -0.497 e. The van der Waals surface area contributed by atoms with Crippen molar-refractivity contribution in [2.45, 2.75) is 31.7 Å². The highest BCUT2D eigenvalue weighted by atomic mass is 16.5. The van der Waals surface area contributed by atoms with Crippen molar-refractivity contribution in [2.75, 3.05) is 20.8 Å². The number of benzene rings is 2. The Morgan fingerprint density at radius 1 is 1.08 bits per heavy atom. The molecular formula is C21H25NO3. The molecule has 2 aromatic rings. The van der Waals surface area contributed by atoms with Gasteiger partial charge in [0.1, 0.15) is 11.5 Å². The van der Waals surface area contributed by atoms with Crippen LogP contribution in [0.4, 0.5) is 0 Å². The summed E-state index contributed by atoms with van der Waals surface area (Å²) in [6.07, 6.45) is 3.32. The molecule has 0 bridgehead atoms. The van der Waals surface area contributed by atoms with Gasteiger partial charge in [0.25, 0.3) is 0 Å². The van der Waals surface area contributed by atoms with Crippen LogP contribution in [0.5, 0.6) is 11.5 Å². The molecule has 1 amide bonds. The number of ether oxygens (including phenoxy) is 2. The van der Waals surface area contributed by atoms with Gasteiger partial charge in [-0.15, -0.1) is 0 Å². The number of likely N-dealkylation sites (tertiary alicyclic amines) is 1. The lowest BCUT2D eigenvalue weighted by molar-refractivity contribution is -0.132. The molecule has 1 heterocycles. The van der Waals surface area contributed by atoms with Gasteiger partial charge in [-0.1, -0.05) is 24.3 Å². The maximum absolute atomic E-state index is 12.8. The topological polar surface area (TPSA) is 38.8 Å². The van der Waals surface area contributed by atoms with E-state index in [2.05, 4.69) is 6.07 Å². The van der Waals surface area contributed by atoms with Crippen LogP contribution in [-0.2, 0) is 11.2 Å². The predicted molar refractivity (Wildman–Crippen MR) is 98.0 cm³/mol. The summed E-state index contributed by atoms with van der Waals surface area (Å²) in [7, 11) is 3.33. The molecule has 4 nitrogen and oxygen atoms in total. The van der Waals surface area contributed by atoms with Gasteiger partial charge in [-0.2, -0.15) is 0 Å². The molecule has 1 fully saturated rings. The molecule has 0 saturated carbocycles. The molecule has 1 aliphatic rings. The number of hydrogen-bond acceptors (Lipinski definition) is 3. The minimum absolute atomic E-state index is 0.160. The highest BCUT2D eigenvalue weighted by Gasteiger charge is 2.29. The molecule has 1 saturated heterocycles. The van der Waals surface area contributed by atoms with Crippen LogP contribution >= 0.6 is 0 Å². The molecule has 0 radical (unpaired) electrons. The highest BCUT2D eigenvalue weighted by Crippen LogP contribution is 2.34. The molecule has 0 spiro atoms. The van der Waals surface area contributed by atoms with Crippen LogP contribution in [-0.4, -0.2) is 31.6 Å². The number of methoxy groups -OCH3 is 2. The minimum atomic E-state index is 0.160. The third kappa shape index (κ3) is 4.13. The van der Waals surface area contributed by atoms with Crippen molar-refractivity contribution in [2.24, 2.45) is 0 Å². The van der Waals surface area contributed by atoms with E-state index in [-0.39, 0.29) is 11.9 Å².